The number of rotatable bonds is 9. The Labute approximate surface area is 170 Å². The van der Waals surface area contributed by atoms with Crippen molar-refractivity contribution in [1.82, 2.24) is 14.5 Å². The van der Waals surface area contributed by atoms with Gasteiger partial charge in [-0.3, -0.25) is 19.1 Å². The van der Waals surface area contributed by atoms with Gasteiger partial charge in [0, 0.05) is 20.1 Å². The molecular formula is C21H31N5O3. The lowest BCUT2D eigenvalue weighted by atomic mass is 10.1. The van der Waals surface area contributed by atoms with Gasteiger partial charge in [0.15, 0.2) is 0 Å². The van der Waals surface area contributed by atoms with Crippen molar-refractivity contribution in [3.05, 3.63) is 56.7 Å². The number of hydrogen-bond acceptors (Lipinski definition) is 5. The van der Waals surface area contributed by atoms with Gasteiger partial charge in [-0.2, -0.15) is 0 Å². The number of nitrogens with one attached hydrogen (secondary N) is 1. The summed E-state index contributed by atoms with van der Waals surface area (Å²) >= 11 is 0. The van der Waals surface area contributed by atoms with E-state index in [2.05, 4.69) is 4.98 Å². The topological polar surface area (TPSA) is 104 Å². The predicted octanol–water partition coefficient (Wildman–Crippen LogP) is 1.96. The van der Waals surface area contributed by atoms with E-state index in [0.29, 0.717) is 13.1 Å². The number of aromatic amines is 1. The van der Waals surface area contributed by atoms with E-state index in [0.717, 1.165) is 18.4 Å². The third kappa shape index (κ3) is 5.07. The summed E-state index contributed by atoms with van der Waals surface area (Å²) in [6.07, 6.45) is 1.65. The molecule has 1 heterocycles. The Balaban J connectivity index is 2.28. The van der Waals surface area contributed by atoms with Crippen molar-refractivity contribution in [1.29, 1.82) is 0 Å². The third-order valence-electron chi connectivity index (χ3n) is 5.23. The Bertz CT molecular complexity index is 936. The molecule has 0 aliphatic heterocycles. The van der Waals surface area contributed by atoms with Crippen molar-refractivity contribution in [2.45, 2.75) is 46.2 Å². The molecule has 2 rings (SSSR count). The second-order valence-corrected chi connectivity index (χ2v) is 7.10. The van der Waals surface area contributed by atoms with Gasteiger partial charge in [-0.1, -0.05) is 43.7 Å². The van der Waals surface area contributed by atoms with Crippen LogP contribution in [-0.2, 0) is 11.3 Å². The molecule has 0 saturated heterocycles. The highest BCUT2D eigenvalue weighted by Crippen LogP contribution is 2.20. The van der Waals surface area contributed by atoms with Gasteiger partial charge < -0.3 is 15.5 Å². The number of nitrogen functional groups attached to an aromatic ring is 1. The average molecular weight is 402 g/mol. The number of amides is 1. The lowest BCUT2D eigenvalue weighted by Crippen LogP contribution is -2.44. The Hall–Kier alpha value is -3.03. The number of aromatic nitrogens is 2. The second-order valence-electron chi connectivity index (χ2n) is 7.10. The van der Waals surface area contributed by atoms with Crippen LogP contribution in [0.25, 0.3) is 0 Å². The average Bonchev–Trinajstić information content (AvgIpc) is 2.72. The van der Waals surface area contributed by atoms with E-state index in [1.165, 1.54) is 4.57 Å². The molecule has 0 saturated carbocycles. The van der Waals surface area contributed by atoms with Gasteiger partial charge in [0.2, 0.25) is 5.91 Å². The second kappa shape index (κ2) is 9.95. The highest BCUT2D eigenvalue weighted by atomic mass is 16.2. The molecule has 1 atom stereocenters. The standard InChI is InChI=1S/C21H31N5O3/c1-5-7-13-26-19(22)18(20(28)23-21(26)29)25(6-2)14-17(27)24(4)15(3)16-11-9-8-10-12-16/h8-12,15H,5-7,13-14,22H2,1-4H3,(H,23,28,29). The molecule has 1 aromatic carbocycles. The van der Waals surface area contributed by atoms with E-state index < -0.39 is 11.2 Å². The van der Waals surface area contributed by atoms with E-state index in [1.807, 2.05) is 51.1 Å². The lowest BCUT2D eigenvalue weighted by molar-refractivity contribution is -0.130. The van der Waals surface area contributed by atoms with Crippen LogP contribution in [0.15, 0.2) is 39.9 Å². The summed E-state index contributed by atoms with van der Waals surface area (Å²) in [7, 11) is 1.74. The van der Waals surface area contributed by atoms with Gasteiger partial charge in [0.05, 0.1) is 12.6 Å². The van der Waals surface area contributed by atoms with E-state index in [4.69, 9.17) is 5.73 Å². The third-order valence-corrected chi connectivity index (χ3v) is 5.23. The Morgan fingerprint density at radius 1 is 1.21 bits per heavy atom. The van der Waals surface area contributed by atoms with Crippen molar-refractivity contribution in [3.8, 4) is 0 Å². The normalized spacial score (nSPS) is 11.9. The first-order valence-corrected chi connectivity index (χ1v) is 9.99. The molecule has 2 aromatic rings. The number of benzene rings is 1. The molecule has 1 aromatic heterocycles. The van der Waals surface area contributed by atoms with Gasteiger partial charge in [-0.15, -0.1) is 0 Å². The molecule has 3 N–H and O–H groups in total. The van der Waals surface area contributed by atoms with Crippen LogP contribution in [0.1, 0.15) is 45.2 Å². The van der Waals surface area contributed by atoms with Crippen LogP contribution in [0.2, 0.25) is 0 Å². The molecule has 0 radical (unpaired) electrons. The van der Waals surface area contributed by atoms with Crippen molar-refractivity contribution in [2.24, 2.45) is 0 Å². The molecule has 0 aliphatic carbocycles. The van der Waals surface area contributed by atoms with Gasteiger partial charge in [-0.25, -0.2) is 4.79 Å². The number of hydrogen-bond donors (Lipinski definition) is 2. The summed E-state index contributed by atoms with van der Waals surface area (Å²) in [5.41, 5.74) is 6.27. The SMILES string of the molecule is CCCCn1c(N)c(N(CC)CC(=O)N(C)C(C)c2ccccc2)c(=O)[nH]c1=O. The predicted molar refractivity (Wildman–Crippen MR) is 116 cm³/mol. The number of nitrogens with two attached hydrogens (primary N) is 1. The molecular weight excluding hydrogens is 370 g/mol. The molecule has 8 heteroatoms. The first kappa shape index (κ1) is 22.3. The van der Waals surface area contributed by atoms with Crippen LogP contribution >= 0.6 is 0 Å². The fourth-order valence-electron chi connectivity index (χ4n) is 3.22. The van der Waals surface area contributed by atoms with Crippen molar-refractivity contribution < 1.29 is 4.79 Å². The highest BCUT2D eigenvalue weighted by molar-refractivity contribution is 5.82. The van der Waals surface area contributed by atoms with Crippen LogP contribution < -0.4 is 21.9 Å². The molecule has 29 heavy (non-hydrogen) atoms. The van der Waals surface area contributed by atoms with Crippen LogP contribution in [-0.4, -0.2) is 40.5 Å². The minimum atomic E-state index is -0.575. The van der Waals surface area contributed by atoms with E-state index in [1.54, 1.807) is 16.8 Å². The first-order chi connectivity index (χ1) is 13.8. The molecule has 1 amide bonds. The monoisotopic (exact) mass is 401 g/mol. The number of anilines is 2. The fraction of sp³-hybridized carbons (Fsp3) is 0.476. The number of H-pyrrole nitrogens is 1. The zero-order chi connectivity index (χ0) is 21.6. The van der Waals surface area contributed by atoms with Crippen LogP contribution in [0.4, 0.5) is 11.5 Å². The summed E-state index contributed by atoms with van der Waals surface area (Å²) in [6.45, 7) is 6.61. The van der Waals surface area contributed by atoms with E-state index >= 15 is 0 Å². The number of carbonyl (C=O) groups excluding carboxylic acids is 1. The van der Waals surface area contributed by atoms with Crippen molar-refractivity contribution >= 4 is 17.4 Å². The smallest absolute Gasteiger partial charge is 0.330 e. The van der Waals surface area contributed by atoms with Gasteiger partial charge in [-0.05, 0) is 25.8 Å². The molecule has 158 valence electrons. The quantitative estimate of drug-likeness (QED) is 0.668. The van der Waals surface area contributed by atoms with Crippen molar-refractivity contribution in [3.63, 3.8) is 0 Å². The zero-order valence-corrected chi connectivity index (χ0v) is 17.6. The largest absolute Gasteiger partial charge is 0.383 e. The van der Waals surface area contributed by atoms with Gasteiger partial charge >= 0.3 is 5.69 Å². The molecule has 0 spiro atoms. The maximum atomic E-state index is 12.9. The summed E-state index contributed by atoms with van der Waals surface area (Å²) in [4.78, 5) is 43.1. The molecule has 0 aliphatic rings. The van der Waals surface area contributed by atoms with Crippen LogP contribution in [0.3, 0.4) is 0 Å². The lowest BCUT2D eigenvalue weighted by Gasteiger charge is -2.30. The number of unbranched alkanes of at least 4 members (excludes halogenated alkanes) is 1. The maximum Gasteiger partial charge on any atom is 0.330 e. The molecule has 8 nitrogen and oxygen atoms in total. The molecule has 0 fully saturated rings. The maximum absolute atomic E-state index is 12.9. The minimum absolute atomic E-state index is 0.0105. The Morgan fingerprint density at radius 3 is 2.45 bits per heavy atom. The van der Waals surface area contributed by atoms with Gasteiger partial charge in [0.25, 0.3) is 5.56 Å². The van der Waals surface area contributed by atoms with Crippen LogP contribution in [0.5, 0.6) is 0 Å². The van der Waals surface area contributed by atoms with Crippen molar-refractivity contribution in [2.75, 3.05) is 30.8 Å². The summed E-state index contributed by atoms with van der Waals surface area (Å²) < 4.78 is 1.36. The van der Waals surface area contributed by atoms with E-state index in [9.17, 15) is 14.4 Å². The summed E-state index contributed by atoms with van der Waals surface area (Å²) in [5, 5.41) is 0. The first-order valence-electron chi connectivity index (χ1n) is 9.99. The fourth-order valence-corrected chi connectivity index (χ4v) is 3.22. The minimum Gasteiger partial charge on any atom is -0.383 e. The summed E-state index contributed by atoms with van der Waals surface area (Å²) in [5.74, 6) is -0.0473. The number of nitrogens with zero attached hydrogens (tertiary/aromatic N) is 3. The van der Waals surface area contributed by atoms with Gasteiger partial charge in [0.1, 0.15) is 11.5 Å². The van der Waals surface area contributed by atoms with E-state index in [-0.39, 0.29) is 30.0 Å². The highest BCUT2D eigenvalue weighted by Gasteiger charge is 2.23. The number of likely N-dealkylation sites (N-methyl/N-ethyl adjacent to an activating group) is 2. The molecule has 0 bridgehead atoms. The molecule has 1 unspecified atom stereocenters. The number of carbonyl (C=O) groups is 1. The summed E-state index contributed by atoms with van der Waals surface area (Å²) in [6, 6.07) is 9.62. The zero-order valence-electron chi connectivity index (χ0n) is 17.6. The Kier molecular flexibility index (Phi) is 7.64. The Morgan fingerprint density at radius 2 is 1.86 bits per heavy atom. The van der Waals surface area contributed by atoms with Crippen LogP contribution in [0, 0.1) is 0 Å².